The van der Waals surface area contributed by atoms with Gasteiger partial charge in [0.1, 0.15) is 15.9 Å². The van der Waals surface area contributed by atoms with Gasteiger partial charge in [-0.05, 0) is 22.9 Å². The predicted octanol–water partition coefficient (Wildman–Crippen LogP) is 1.56. The van der Waals surface area contributed by atoms with Crippen LogP contribution >= 0.6 is 15.9 Å². The summed E-state index contributed by atoms with van der Waals surface area (Å²) in [5.74, 6) is 0.744. The van der Waals surface area contributed by atoms with E-state index in [1.165, 1.54) is 4.68 Å². The Labute approximate surface area is 124 Å². The van der Waals surface area contributed by atoms with Gasteiger partial charge in [0.25, 0.3) is 5.56 Å². The van der Waals surface area contributed by atoms with E-state index in [0.29, 0.717) is 29.9 Å². The highest BCUT2D eigenvalue weighted by atomic mass is 79.9. The maximum atomic E-state index is 12.0. The second-order valence-corrected chi connectivity index (χ2v) is 4.97. The van der Waals surface area contributed by atoms with Crippen LogP contribution in [0.1, 0.15) is 11.5 Å². The van der Waals surface area contributed by atoms with Crippen LogP contribution in [0, 0.1) is 6.92 Å². The smallest absolute Gasteiger partial charge is 0.283 e. The maximum Gasteiger partial charge on any atom is 0.283 e. The Morgan fingerprint density at radius 3 is 3.00 bits per heavy atom. The number of rotatable bonds is 6. The molecular weight excluding hydrogens is 328 g/mol. The van der Waals surface area contributed by atoms with Gasteiger partial charge in [-0.3, -0.25) is 4.79 Å². The number of ether oxygens (including phenoxy) is 1. The molecule has 0 bridgehead atoms. The third kappa shape index (κ3) is 3.45. The summed E-state index contributed by atoms with van der Waals surface area (Å²) >= 11 is 3.28. The normalized spacial score (nSPS) is 10.8. The fourth-order valence-corrected chi connectivity index (χ4v) is 2.06. The Balaban J connectivity index is 2.09. The van der Waals surface area contributed by atoms with Crippen LogP contribution in [0.4, 0.5) is 5.69 Å². The van der Waals surface area contributed by atoms with Crippen LogP contribution in [0.3, 0.4) is 0 Å². The second kappa shape index (κ2) is 6.67. The number of methoxy groups -OCH3 is 1. The number of hydrogen-bond acceptors (Lipinski definition) is 6. The van der Waals surface area contributed by atoms with Gasteiger partial charge in [-0.25, -0.2) is 4.68 Å². The summed E-state index contributed by atoms with van der Waals surface area (Å²) in [6.45, 7) is 3.13. The van der Waals surface area contributed by atoms with Gasteiger partial charge in [0.15, 0.2) is 0 Å². The van der Waals surface area contributed by atoms with Gasteiger partial charge < -0.3 is 14.6 Å². The molecule has 0 fully saturated rings. The van der Waals surface area contributed by atoms with Gasteiger partial charge in [0.05, 0.1) is 31.6 Å². The van der Waals surface area contributed by atoms with E-state index in [4.69, 9.17) is 9.26 Å². The summed E-state index contributed by atoms with van der Waals surface area (Å²) in [6.07, 6.45) is 1.59. The molecule has 2 aromatic heterocycles. The van der Waals surface area contributed by atoms with Gasteiger partial charge in [-0.2, -0.15) is 5.10 Å². The molecule has 2 aromatic rings. The van der Waals surface area contributed by atoms with Gasteiger partial charge >= 0.3 is 0 Å². The molecule has 108 valence electrons. The lowest BCUT2D eigenvalue weighted by Crippen LogP contribution is -2.26. The second-order valence-electron chi connectivity index (χ2n) is 4.18. The zero-order chi connectivity index (χ0) is 14.5. The quantitative estimate of drug-likeness (QED) is 0.857. The summed E-state index contributed by atoms with van der Waals surface area (Å²) < 4.78 is 11.7. The first kappa shape index (κ1) is 14.7. The van der Waals surface area contributed by atoms with E-state index in [1.807, 2.05) is 13.0 Å². The van der Waals surface area contributed by atoms with E-state index in [-0.39, 0.29) is 5.56 Å². The molecular formula is C12H15BrN4O3. The standard InChI is InChI=1S/C12H15BrN4O3/c1-8-5-9(16-20-8)6-14-10-7-15-17(3-4-19-2)12(18)11(10)13/h5,7,14H,3-4,6H2,1-2H3. The lowest BCUT2D eigenvalue weighted by atomic mass is 10.3. The Bertz CT molecular complexity index is 638. The summed E-state index contributed by atoms with van der Waals surface area (Å²) in [6, 6.07) is 1.83. The molecule has 0 amide bonds. The average molecular weight is 343 g/mol. The van der Waals surface area contributed by atoms with E-state index >= 15 is 0 Å². The molecule has 0 spiro atoms. The van der Waals surface area contributed by atoms with Crippen LogP contribution in [0.15, 0.2) is 26.1 Å². The molecule has 0 aliphatic heterocycles. The first-order chi connectivity index (χ1) is 9.61. The molecule has 8 heteroatoms. The highest BCUT2D eigenvalue weighted by Gasteiger charge is 2.09. The minimum absolute atomic E-state index is 0.205. The van der Waals surface area contributed by atoms with Crippen molar-refractivity contribution in [1.29, 1.82) is 0 Å². The van der Waals surface area contributed by atoms with E-state index in [0.717, 1.165) is 11.5 Å². The lowest BCUT2D eigenvalue weighted by molar-refractivity contribution is 0.181. The molecule has 0 saturated carbocycles. The molecule has 1 N–H and O–H groups in total. The van der Waals surface area contributed by atoms with Crippen molar-refractivity contribution in [3.05, 3.63) is 38.5 Å². The number of aryl methyl sites for hydroxylation is 1. The molecule has 7 nitrogen and oxygen atoms in total. The van der Waals surface area contributed by atoms with E-state index in [1.54, 1.807) is 13.3 Å². The van der Waals surface area contributed by atoms with Crippen molar-refractivity contribution in [3.8, 4) is 0 Å². The molecule has 0 radical (unpaired) electrons. The summed E-state index contributed by atoms with van der Waals surface area (Å²) in [4.78, 5) is 12.0. The lowest BCUT2D eigenvalue weighted by Gasteiger charge is -2.09. The van der Waals surface area contributed by atoms with E-state index in [2.05, 4.69) is 31.5 Å². The molecule has 0 saturated heterocycles. The number of halogens is 1. The SMILES string of the molecule is COCCn1ncc(NCc2cc(C)on2)c(Br)c1=O. The molecule has 0 aromatic carbocycles. The van der Waals surface area contributed by atoms with Crippen LogP contribution in [-0.2, 0) is 17.8 Å². The summed E-state index contributed by atoms with van der Waals surface area (Å²) in [7, 11) is 1.58. The minimum Gasteiger partial charge on any atom is -0.383 e. The Morgan fingerprint density at radius 1 is 1.55 bits per heavy atom. The fraction of sp³-hybridized carbons (Fsp3) is 0.417. The molecule has 2 heterocycles. The maximum absolute atomic E-state index is 12.0. The van der Waals surface area contributed by atoms with Gasteiger partial charge in [0, 0.05) is 13.2 Å². The topological polar surface area (TPSA) is 82.2 Å². The fourth-order valence-electron chi connectivity index (χ4n) is 1.61. The summed E-state index contributed by atoms with van der Waals surface area (Å²) in [5, 5.41) is 11.0. The third-order valence-electron chi connectivity index (χ3n) is 2.63. The van der Waals surface area contributed by atoms with Crippen molar-refractivity contribution in [1.82, 2.24) is 14.9 Å². The Kier molecular flexibility index (Phi) is 4.91. The molecule has 20 heavy (non-hydrogen) atoms. The van der Waals surface area contributed by atoms with Gasteiger partial charge in [-0.1, -0.05) is 5.16 Å². The monoisotopic (exact) mass is 342 g/mol. The van der Waals surface area contributed by atoms with Crippen molar-refractivity contribution in [2.75, 3.05) is 19.0 Å². The predicted molar refractivity (Wildman–Crippen MR) is 76.6 cm³/mol. The van der Waals surface area contributed by atoms with Crippen molar-refractivity contribution >= 4 is 21.6 Å². The van der Waals surface area contributed by atoms with Crippen LogP contribution in [0.5, 0.6) is 0 Å². The van der Waals surface area contributed by atoms with Crippen molar-refractivity contribution in [3.63, 3.8) is 0 Å². The molecule has 2 rings (SSSR count). The average Bonchev–Trinajstić information content (AvgIpc) is 2.85. The van der Waals surface area contributed by atoms with Gasteiger partial charge in [-0.15, -0.1) is 0 Å². The third-order valence-corrected chi connectivity index (χ3v) is 3.40. The zero-order valence-corrected chi connectivity index (χ0v) is 12.8. The highest BCUT2D eigenvalue weighted by Crippen LogP contribution is 2.17. The Morgan fingerprint density at radius 2 is 2.35 bits per heavy atom. The van der Waals surface area contributed by atoms with Crippen molar-refractivity contribution in [2.45, 2.75) is 20.0 Å². The van der Waals surface area contributed by atoms with E-state index in [9.17, 15) is 4.79 Å². The first-order valence-corrected chi connectivity index (χ1v) is 6.81. The molecule has 0 unspecified atom stereocenters. The van der Waals surface area contributed by atoms with E-state index < -0.39 is 0 Å². The number of aromatic nitrogens is 3. The van der Waals surface area contributed by atoms with Crippen molar-refractivity contribution < 1.29 is 9.26 Å². The van der Waals surface area contributed by atoms with Crippen LogP contribution in [0.2, 0.25) is 0 Å². The summed E-state index contributed by atoms with van der Waals surface area (Å²) in [5.41, 5.74) is 1.17. The molecule has 0 aliphatic rings. The van der Waals surface area contributed by atoms with Crippen molar-refractivity contribution in [2.24, 2.45) is 0 Å². The van der Waals surface area contributed by atoms with Crippen LogP contribution < -0.4 is 10.9 Å². The number of nitrogens with zero attached hydrogens (tertiary/aromatic N) is 3. The number of hydrogen-bond donors (Lipinski definition) is 1. The first-order valence-electron chi connectivity index (χ1n) is 6.02. The largest absolute Gasteiger partial charge is 0.383 e. The Hall–Kier alpha value is -1.67. The zero-order valence-electron chi connectivity index (χ0n) is 11.2. The number of nitrogens with one attached hydrogen (secondary N) is 1. The van der Waals surface area contributed by atoms with Gasteiger partial charge in [0.2, 0.25) is 0 Å². The molecule has 0 aliphatic carbocycles. The number of anilines is 1. The highest BCUT2D eigenvalue weighted by molar-refractivity contribution is 9.10. The van der Waals surface area contributed by atoms with Crippen LogP contribution in [0.25, 0.3) is 0 Å². The van der Waals surface area contributed by atoms with Crippen LogP contribution in [-0.4, -0.2) is 28.7 Å². The molecule has 0 atom stereocenters. The minimum atomic E-state index is -0.205.